The first kappa shape index (κ1) is 16.3. The van der Waals surface area contributed by atoms with Gasteiger partial charge in [0.1, 0.15) is 0 Å². The molecular weight excluding hydrogens is 382 g/mol. The van der Waals surface area contributed by atoms with E-state index in [0.717, 1.165) is 21.3 Å². The van der Waals surface area contributed by atoms with Crippen molar-refractivity contribution >= 4 is 33.5 Å². The summed E-state index contributed by atoms with van der Waals surface area (Å²) >= 11 is 3.49. The first-order valence-corrected chi connectivity index (χ1v) is 9.19. The van der Waals surface area contributed by atoms with Gasteiger partial charge in [-0.05, 0) is 42.7 Å². The molecule has 0 saturated heterocycles. The van der Waals surface area contributed by atoms with Gasteiger partial charge in [0.15, 0.2) is 0 Å². The van der Waals surface area contributed by atoms with Gasteiger partial charge in [0.2, 0.25) is 5.91 Å². The van der Waals surface area contributed by atoms with E-state index in [9.17, 15) is 9.59 Å². The Bertz CT molecular complexity index is 851. The van der Waals surface area contributed by atoms with Gasteiger partial charge in [0, 0.05) is 10.2 Å². The van der Waals surface area contributed by atoms with Crippen molar-refractivity contribution in [2.24, 2.45) is 5.92 Å². The summed E-state index contributed by atoms with van der Waals surface area (Å²) in [4.78, 5) is 27.4. The monoisotopic (exact) mass is 399 g/mol. The number of carbonyl (C=O) groups excluding carboxylic acids is 2. The summed E-state index contributed by atoms with van der Waals surface area (Å²) in [6.07, 6.45) is 0.527. The molecule has 2 aromatic rings. The minimum atomic E-state index is -0.750. The van der Waals surface area contributed by atoms with E-state index in [1.165, 1.54) is 0 Å². The lowest BCUT2D eigenvalue weighted by Crippen LogP contribution is -2.33. The summed E-state index contributed by atoms with van der Waals surface area (Å²) in [6, 6.07) is 15.8. The summed E-state index contributed by atoms with van der Waals surface area (Å²) in [5.41, 5.74) is 2.14. The fourth-order valence-electron chi connectivity index (χ4n) is 3.81. The van der Waals surface area contributed by atoms with Gasteiger partial charge >= 0.3 is 5.97 Å². The molecule has 1 spiro atoms. The van der Waals surface area contributed by atoms with Gasteiger partial charge in [-0.3, -0.25) is 9.59 Å². The third-order valence-electron chi connectivity index (χ3n) is 5.07. The second-order valence-electron chi connectivity index (χ2n) is 6.52. The molecular formula is C20H18BrNO3. The molecule has 1 aliphatic heterocycles. The molecule has 1 heterocycles. The molecule has 0 N–H and O–H groups in total. The second kappa shape index (κ2) is 5.99. The first-order valence-electron chi connectivity index (χ1n) is 8.40. The zero-order valence-corrected chi connectivity index (χ0v) is 15.5. The average molecular weight is 400 g/mol. The molecule has 128 valence electrons. The number of nitrogens with zero attached hydrogens (tertiary/aromatic N) is 1. The van der Waals surface area contributed by atoms with Crippen LogP contribution in [0.1, 0.15) is 24.5 Å². The lowest BCUT2D eigenvalue weighted by atomic mass is 9.95. The minimum absolute atomic E-state index is 0.00232. The van der Waals surface area contributed by atoms with Gasteiger partial charge in [0.25, 0.3) is 0 Å². The average Bonchev–Trinajstić information content (AvgIpc) is 3.33. The topological polar surface area (TPSA) is 46.6 Å². The number of ether oxygens (including phenoxy) is 1. The minimum Gasteiger partial charge on any atom is -0.466 e. The first-order chi connectivity index (χ1) is 12.1. The van der Waals surface area contributed by atoms with Crippen LogP contribution in [0.15, 0.2) is 53.0 Å². The van der Waals surface area contributed by atoms with Crippen molar-refractivity contribution in [2.45, 2.75) is 25.3 Å². The van der Waals surface area contributed by atoms with Gasteiger partial charge in [-0.1, -0.05) is 46.3 Å². The number of amides is 1. The third-order valence-corrected chi connectivity index (χ3v) is 5.57. The van der Waals surface area contributed by atoms with E-state index in [2.05, 4.69) is 15.9 Å². The van der Waals surface area contributed by atoms with Crippen LogP contribution in [0.3, 0.4) is 0 Å². The lowest BCUT2D eigenvalue weighted by Gasteiger charge is -2.18. The van der Waals surface area contributed by atoms with E-state index in [0.29, 0.717) is 19.6 Å². The van der Waals surface area contributed by atoms with Crippen LogP contribution in [-0.4, -0.2) is 18.5 Å². The summed E-state index contributed by atoms with van der Waals surface area (Å²) in [5, 5.41) is 0. The standard InChI is InChI=1S/C20H18BrNO3/c1-2-25-18(23)16-11-20(16)15-10-14(21)8-9-17(15)22(19(20)24)12-13-6-4-3-5-7-13/h3-10,16H,2,11-12H2,1H3/t16-,20-/m1/s1. The summed E-state index contributed by atoms with van der Waals surface area (Å²) in [5.74, 6) is -0.653. The Morgan fingerprint density at radius 1 is 1.28 bits per heavy atom. The lowest BCUT2D eigenvalue weighted by molar-refractivity contribution is -0.146. The molecule has 1 fully saturated rings. The molecule has 1 amide bonds. The highest BCUT2D eigenvalue weighted by Crippen LogP contribution is 2.62. The molecule has 1 aliphatic carbocycles. The quantitative estimate of drug-likeness (QED) is 0.734. The van der Waals surface area contributed by atoms with Crippen LogP contribution in [0.25, 0.3) is 0 Å². The van der Waals surface area contributed by atoms with Crippen molar-refractivity contribution in [3.05, 3.63) is 64.1 Å². The summed E-state index contributed by atoms with van der Waals surface area (Å²) in [7, 11) is 0. The summed E-state index contributed by atoms with van der Waals surface area (Å²) in [6.45, 7) is 2.62. The van der Waals surface area contributed by atoms with Crippen LogP contribution >= 0.6 is 15.9 Å². The Morgan fingerprint density at radius 3 is 2.76 bits per heavy atom. The number of hydrogen-bond acceptors (Lipinski definition) is 3. The molecule has 5 heteroatoms. The van der Waals surface area contributed by atoms with E-state index in [4.69, 9.17) is 4.74 Å². The highest BCUT2D eigenvalue weighted by Gasteiger charge is 2.70. The van der Waals surface area contributed by atoms with E-state index in [1.807, 2.05) is 48.5 Å². The van der Waals surface area contributed by atoms with Gasteiger partial charge < -0.3 is 9.64 Å². The molecule has 4 nitrogen and oxygen atoms in total. The number of esters is 1. The molecule has 2 aromatic carbocycles. The number of rotatable bonds is 4. The fourth-order valence-corrected chi connectivity index (χ4v) is 4.17. The number of halogens is 1. The zero-order chi connectivity index (χ0) is 17.6. The molecule has 1 saturated carbocycles. The molecule has 0 unspecified atom stereocenters. The van der Waals surface area contributed by atoms with Gasteiger partial charge in [-0.25, -0.2) is 0 Å². The number of benzene rings is 2. The van der Waals surface area contributed by atoms with Crippen LogP contribution in [0.2, 0.25) is 0 Å². The molecule has 0 aromatic heterocycles. The highest BCUT2D eigenvalue weighted by molar-refractivity contribution is 9.10. The molecule has 25 heavy (non-hydrogen) atoms. The Kier molecular flexibility index (Phi) is 3.91. The fraction of sp³-hybridized carbons (Fsp3) is 0.300. The highest BCUT2D eigenvalue weighted by atomic mass is 79.9. The molecule has 2 atom stereocenters. The number of fused-ring (bicyclic) bond motifs is 2. The van der Waals surface area contributed by atoms with E-state index in [1.54, 1.807) is 11.8 Å². The number of anilines is 1. The van der Waals surface area contributed by atoms with Crippen LogP contribution in [-0.2, 0) is 26.3 Å². The van der Waals surface area contributed by atoms with Crippen molar-refractivity contribution in [1.29, 1.82) is 0 Å². The van der Waals surface area contributed by atoms with Crippen LogP contribution in [0, 0.1) is 5.92 Å². The van der Waals surface area contributed by atoms with E-state index < -0.39 is 5.41 Å². The SMILES string of the molecule is CCOC(=O)[C@H]1C[C@]12C(=O)N(Cc1ccccc1)c1ccc(Br)cc12. The Balaban J connectivity index is 1.73. The van der Waals surface area contributed by atoms with Crippen molar-refractivity contribution in [3.63, 3.8) is 0 Å². The normalized spacial score (nSPS) is 23.7. The largest absolute Gasteiger partial charge is 0.466 e. The molecule has 4 rings (SSSR count). The maximum absolute atomic E-state index is 13.3. The van der Waals surface area contributed by atoms with Crippen molar-refractivity contribution in [2.75, 3.05) is 11.5 Å². The van der Waals surface area contributed by atoms with Crippen LogP contribution in [0.4, 0.5) is 5.69 Å². The predicted molar refractivity (Wildman–Crippen MR) is 98.2 cm³/mol. The van der Waals surface area contributed by atoms with Gasteiger partial charge in [-0.2, -0.15) is 0 Å². The smallest absolute Gasteiger partial charge is 0.310 e. The van der Waals surface area contributed by atoms with E-state index in [-0.39, 0.29) is 17.8 Å². The predicted octanol–water partition coefficient (Wildman–Crippen LogP) is 3.82. The number of hydrogen-bond donors (Lipinski definition) is 0. The van der Waals surface area contributed by atoms with Gasteiger partial charge in [-0.15, -0.1) is 0 Å². The number of carbonyl (C=O) groups is 2. The summed E-state index contributed by atoms with van der Waals surface area (Å²) < 4.78 is 6.09. The van der Waals surface area contributed by atoms with Crippen molar-refractivity contribution in [1.82, 2.24) is 0 Å². The Labute approximate surface area is 154 Å². The Morgan fingerprint density at radius 2 is 2.04 bits per heavy atom. The van der Waals surface area contributed by atoms with Crippen molar-refractivity contribution in [3.8, 4) is 0 Å². The zero-order valence-electron chi connectivity index (χ0n) is 13.9. The molecule has 2 aliphatic rings. The third kappa shape index (κ3) is 2.49. The van der Waals surface area contributed by atoms with E-state index >= 15 is 0 Å². The van der Waals surface area contributed by atoms with Gasteiger partial charge in [0.05, 0.1) is 24.5 Å². The maximum atomic E-state index is 13.3. The molecule has 0 radical (unpaired) electrons. The van der Waals surface area contributed by atoms with Crippen LogP contribution in [0.5, 0.6) is 0 Å². The molecule has 0 bridgehead atoms. The second-order valence-corrected chi connectivity index (χ2v) is 7.43. The van der Waals surface area contributed by atoms with Crippen molar-refractivity contribution < 1.29 is 14.3 Å². The van der Waals surface area contributed by atoms with Crippen LogP contribution < -0.4 is 4.90 Å². The Hall–Kier alpha value is -2.14. The maximum Gasteiger partial charge on any atom is 0.310 e.